The lowest BCUT2D eigenvalue weighted by molar-refractivity contribution is -0.128. The van der Waals surface area contributed by atoms with Crippen LogP contribution in [0.2, 0.25) is 0 Å². The highest BCUT2D eigenvalue weighted by atomic mass is 79.9. The first-order valence-electron chi connectivity index (χ1n) is 8.07. The Kier molecular flexibility index (Phi) is 4.02. The van der Waals surface area contributed by atoms with Crippen molar-refractivity contribution in [3.05, 3.63) is 64.1 Å². The number of amides is 2. The molecule has 1 N–H and O–H groups in total. The smallest absolute Gasteiger partial charge is 0.253 e. The number of carbonyl (C=O) groups excluding carboxylic acids is 2. The van der Waals surface area contributed by atoms with Crippen LogP contribution in [-0.4, -0.2) is 31.1 Å². The van der Waals surface area contributed by atoms with Gasteiger partial charge in [0.05, 0.1) is 11.3 Å². The van der Waals surface area contributed by atoms with Crippen molar-refractivity contribution in [1.82, 2.24) is 9.62 Å². The number of hydrogen-bond donors (Lipinski definition) is 1. The Hall–Kier alpha value is -2.03. The normalized spacial score (nSPS) is 24.0. The van der Waals surface area contributed by atoms with E-state index in [1.54, 1.807) is 18.2 Å². The van der Waals surface area contributed by atoms with Crippen LogP contribution in [0.1, 0.15) is 17.5 Å². The fourth-order valence-corrected chi connectivity index (χ4v) is 5.94. The third kappa shape index (κ3) is 2.44. The lowest BCUT2D eigenvalue weighted by atomic mass is 9.88. The van der Waals surface area contributed by atoms with Crippen LogP contribution in [0.25, 0.3) is 0 Å². The molecule has 2 aromatic carbocycles. The van der Waals surface area contributed by atoms with Crippen LogP contribution in [0.4, 0.5) is 0 Å². The Bertz CT molecular complexity index is 1020. The third-order valence-corrected chi connectivity index (χ3v) is 7.40. The minimum Gasteiger partial charge on any atom is -0.294 e. The molecule has 1 unspecified atom stereocenters. The molecule has 0 radical (unpaired) electrons. The first-order valence-corrected chi connectivity index (χ1v) is 10.3. The summed E-state index contributed by atoms with van der Waals surface area (Å²) in [5.74, 6) is -1.04. The van der Waals surface area contributed by atoms with Crippen LogP contribution in [0.3, 0.4) is 0 Å². The molecule has 1 saturated heterocycles. The van der Waals surface area contributed by atoms with Crippen molar-refractivity contribution in [2.45, 2.75) is 23.3 Å². The lowest BCUT2D eigenvalue weighted by Crippen LogP contribution is -2.49. The quantitative estimate of drug-likeness (QED) is 0.748. The van der Waals surface area contributed by atoms with Crippen LogP contribution in [0.15, 0.2) is 57.9 Å². The minimum atomic E-state index is -3.86. The fourth-order valence-electron chi connectivity index (χ4n) is 3.69. The second-order valence-corrected chi connectivity index (χ2v) is 9.11. The maximum Gasteiger partial charge on any atom is 0.253 e. The molecule has 2 amide bonds. The van der Waals surface area contributed by atoms with Gasteiger partial charge in [0, 0.05) is 16.6 Å². The number of carbonyl (C=O) groups is 2. The average molecular weight is 435 g/mol. The summed E-state index contributed by atoms with van der Waals surface area (Å²) in [5, 5.41) is 2.27. The number of imide groups is 1. The van der Waals surface area contributed by atoms with Crippen molar-refractivity contribution < 1.29 is 18.0 Å². The molecule has 6 nitrogen and oxygen atoms in total. The van der Waals surface area contributed by atoms with Gasteiger partial charge in [-0.3, -0.25) is 14.9 Å². The van der Waals surface area contributed by atoms with E-state index in [1.807, 2.05) is 24.3 Å². The summed E-state index contributed by atoms with van der Waals surface area (Å²) in [5.41, 5.74) is -0.166. The first-order chi connectivity index (χ1) is 12.4. The number of benzene rings is 2. The van der Waals surface area contributed by atoms with E-state index in [4.69, 9.17) is 0 Å². The van der Waals surface area contributed by atoms with Crippen molar-refractivity contribution in [3.8, 4) is 0 Å². The van der Waals surface area contributed by atoms with E-state index < -0.39 is 27.4 Å². The standard InChI is InChI=1S/C18H15BrN2O4S/c19-13-7-5-12(6-8-13)9-10-21-18(11-16(22)20-17(18)23)14-3-1-2-4-15(14)26(21,24)25/h1-8H,9-11H2,(H,20,22,23). The number of sulfonamides is 1. The van der Waals surface area contributed by atoms with Gasteiger partial charge < -0.3 is 0 Å². The van der Waals surface area contributed by atoms with E-state index in [0.717, 1.165) is 10.0 Å². The largest absolute Gasteiger partial charge is 0.294 e. The van der Waals surface area contributed by atoms with Gasteiger partial charge in [-0.15, -0.1) is 0 Å². The Morgan fingerprint density at radius 2 is 1.77 bits per heavy atom. The van der Waals surface area contributed by atoms with Crippen LogP contribution in [0, 0.1) is 0 Å². The van der Waals surface area contributed by atoms with E-state index in [9.17, 15) is 18.0 Å². The molecular formula is C18H15BrN2O4S. The van der Waals surface area contributed by atoms with E-state index in [2.05, 4.69) is 21.2 Å². The number of fused-ring (bicyclic) bond motifs is 2. The SMILES string of the molecule is O=C1CC2(C(=O)N1)c1ccccc1S(=O)(=O)N2CCc1ccc(Br)cc1. The van der Waals surface area contributed by atoms with E-state index in [-0.39, 0.29) is 17.9 Å². The maximum absolute atomic E-state index is 13.1. The highest BCUT2D eigenvalue weighted by molar-refractivity contribution is 9.10. The zero-order chi connectivity index (χ0) is 18.5. The summed E-state index contributed by atoms with van der Waals surface area (Å²) in [4.78, 5) is 24.7. The summed E-state index contributed by atoms with van der Waals surface area (Å²) < 4.78 is 28.3. The molecule has 8 heteroatoms. The van der Waals surface area contributed by atoms with E-state index in [0.29, 0.717) is 12.0 Å². The summed E-state index contributed by atoms with van der Waals surface area (Å²) in [6.45, 7) is 0.110. The molecule has 26 heavy (non-hydrogen) atoms. The average Bonchev–Trinajstić information content (AvgIpc) is 3.00. The van der Waals surface area contributed by atoms with E-state index in [1.165, 1.54) is 10.4 Å². The van der Waals surface area contributed by atoms with Gasteiger partial charge in [0.2, 0.25) is 15.9 Å². The zero-order valence-electron chi connectivity index (χ0n) is 13.6. The first kappa shape index (κ1) is 17.4. The van der Waals surface area contributed by atoms with Crippen LogP contribution in [0.5, 0.6) is 0 Å². The maximum atomic E-state index is 13.1. The molecular weight excluding hydrogens is 420 g/mol. The number of nitrogens with zero attached hydrogens (tertiary/aromatic N) is 1. The molecule has 1 atom stereocenters. The molecule has 2 heterocycles. The summed E-state index contributed by atoms with van der Waals surface area (Å²) in [7, 11) is -3.86. The van der Waals surface area contributed by atoms with Crippen LogP contribution in [-0.2, 0) is 31.6 Å². The van der Waals surface area contributed by atoms with Crippen molar-refractivity contribution in [2.75, 3.05) is 6.54 Å². The van der Waals surface area contributed by atoms with Crippen molar-refractivity contribution in [3.63, 3.8) is 0 Å². The molecule has 1 fully saturated rings. The highest BCUT2D eigenvalue weighted by Gasteiger charge is 2.62. The van der Waals surface area contributed by atoms with Gasteiger partial charge in [-0.2, -0.15) is 4.31 Å². The topological polar surface area (TPSA) is 83.5 Å². The molecule has 2 aliphatic rings. The van der Waals surface area contributed by atoms with Crippen molar-refractivity contribution in [2.24, 2.45) is 0 Å². The van der Waals surface area contributed by atoms with Gasteiger partial charge >= 0.3 is 0 Å². The Morgan fingerprint density at radius 3 is 2.42 bits per heavy atom. The third-order valence-electron chi connectivity index (χ3n) is 4.89. The van der Waals surface area contributed by atoms with Gasteiger partial charge in [-0.1, -0.05) is 46.3 Å². The fraction of sp³-hybridized carbons (Fsp3) is 0.222. The van der Waals surface area contributed by atoms with Gasteiger partial charge in [0.25, 0.3) is 5.91 Å². The molecule has 2 aliphatic heterocycles. The van der Waals surface area contributed by atoms with Gasteiger partial charge in [0.15, 0.2) is 0 Å². The van der Waals surface area contributed by atoms with Gasteiger partial charge in [-0.25, -0.2) is 8.42 Å². The number of hydrogen-bond acceptors (Lipinski definition) is 4. The Labute approximate surface area is 159 Å². The highest BCUT2D eigenvalue weighted by Crippen LogP contribution is 2.48. The van der Waals surface area contributed by atoms with Crippen molar-refractivity contribution >= 4 is 37.8 Å². The second-order valence-electron chi connectivity index (χ2n) is 6.36. The monoisotopic (exact) mass is 434 g/mol. The number of rotatable bonds is 3. The predicted molar refractivity (Wildman–Crippen MR) is 97.6 cm³/mol. The molecule has 0 saturated carbocycles. The summed E-state index contributed by atoms with van der Waals surface area (Å²) in [6.07, 6.45) is 0.242. The number of halogens is 1. The Morgan fingerprint density at radius 1 is 1.08 bits per heavy atom. The van der Waals surface area contributed by atoms with Gasteiger partial charge in [0.1, 0.15) is 5.54 Å². The predicted octanol–water partition coefficient (Wildman–Crippen LogP) is 1.94. The molecule has 134 valence electrons. The zero-order valence-corrected chi connectivity index (χ0v) is 16.0. The molecule has 2 aromatic rings. The molecule has 0 aromatic heterocycles. The second kappa shape index (κ2) is 6.00. The van der Waals surface area contributed by atoms with Crippen LogP contribution >= 0.6 is 15.9 Å². The van der Waals surface area contributed by atoms with E-state index >= 15 is 0 Å². The molecule has 0 aliphatic carbocycles. The molecule has 1 spiro atoms. The summed E-state index contributed by atoms with van der Waals surface area (Å²) >= 11 is 3.37. The molecule has 4 rings (SSSR count). The minimum absolute atomic E-state index is 0.0978. The van der Waals surface area contributed by atoms with Crippen LogP contribution < -0.4 is 5.32 Å². The van der Waals surface area contributed by atoms with Crippen molar-refractivity contribution in [1.29, 1.82) is 0 Å². The summed E-state index contributed by atoms with van der Waals surface area (Å²) in [6, 6.07) is 14.0. The number of nitrogens with one attached hydrogen (secondary N) is 1. The molecule has 0 bridgehead atoms. The Balaban J connectivity index is 1.78. The van der Waals surface area contributed by atoms with Gasteiger partial charge in [-0.05, 0) is 30.2 Å². The lowest BCUT2D eigenvalue weighted by Gasteiger charge is -2.30.